The summed E-state index contributed by atoms with van der Waals surface area (Å²) in [5, 5.41) is 9.49. The Kier molecular flexibility index (Phi) is 3.06. The zero-order valence-electron chi connectivity index (χ0n) is 8.82. The van der Waals surface area contributed by atoms with E-state index in [9.17, 15) is 9.90 Å². The van der Waals surface area contributed by atoms with Crippen LogP contribution in [0.15, 0.2) is 30.3 Å². The Balaban J connectivity index is 2.97. The summed E-state index contributed by atoms with van der Waals surface area (Å²) in [4.78, 5) is 11.9. The van der Waals surface area contributed by atoms with Crippen LogP contribution >= 0.6 is 0 Å². The molecule has 0 radical (unpaired) electrons. The van der Waals surface area contributed by atoms with Crippen LogP contribution in [0, 0.1) is 5.41 Å². The van der Waals surface area contributed by atoms with Gasteiger partial charge < -0.3 is 5.11 Å². The van der Waals surface area contributed by atoms with Gasteiger partial charge in [0.05, 0.1) is 11.5 Å². The van der Waals surface area contributed by atoms with Crippen molar-refractivity contribution in [3.63, 3.8) is 0 Å². The molecule has 0 heterocycles. The van der Waals surface area contributed by atoms with Gasteiger partial charge in [-0.25, -0.2) is 0 Å². The summed E-state index contributed by atoms with van der Waals surface area (Å²) in [7, 11) is 0. The third-order valence-corrected chi connectivity index (χ3v) is 2.67. The first-order valence-electron chi connectivity index (χ1n) is 4.74. The lowest BCUT2D eigenvalue weighted by molar-refractivity contribution is 0.0473. The second-order valence-corrected chi connectivity index (χ2v) is 4.09. The molecule has 1 N–H and O–H groups in total. The Morgan fingerprint density at radius 1 is 1.29 bits per heavy atom. The van der Waals surface area contributed by atoms with Crippen molar-refractivity contribution in [2.24, 2.45) is 5.41 Å². The van der Waals surface area contributed by atoms with Crippen LogP contribution in [-0.2, 0) is 0 Å². The molecular formula is C12H16O2. The van der Waals surface area contributed by atoms with E-state index in [-0.39, 0.29) is 5.78 Å². The predicted molar refractivity (Wildman–Crippen MR) is 56.2 cm³/mol. The van der Waals surface area contributed by atoms with Gasteiger partial charge in [-0.15, -0.1) is 0 Å². The first-order valence-corrected chi connectivity index (χ1v) is 4.74. The molecule has 0 saturated carbocycles. The molecule has 1 unspecified atom stereocenters. The molecule has 0 aromatic heterocycles. The zero-order chi connectivity index (χ0) is 10.8. The van der Waals surface area contributed by atoms with Crippen LogP contribution in [0.2, 0.25) is 0 Å². The number of ketones is 1. The van der Waals surface area contributed by atoms with Crippen molar-refractivity contribution in [3.8, 4) is 0 Å². The Morgan fingerprint density at radius 3 is 2.21 bits per heavy atom. The number of carbonyl (C=O) groups is 1. The minimum absolute atomic E-state index is 0.0203. The Morgan fingerprint density at radius 2 is 1.79 bits per heavy atom. The van der Waals surface area contributed by atoms with E-state index < -0.39 is 11.5 Å². The van der Waals surface area contributed by atoms with Crippen molar-refractivity contribution >= 4 is 5.78 Å². The second-order valence-electron chi connectivity index (χ2n) is 4.09. The smallest absolute Gasteiger partial charge is 0.171 e. The fraction of sp³-hybridized carbons (Fsp3) is 0.417. The average molecular weight is 192 g/mol. The molecule has 0 amide bonds. The molecule has 14 heavy (non-hydrogen) atoms. The number of Topliss-reactive ketones (excluding diaryl/α,β-unsaturated/α-hetero) is 1. The average Bonchev–Trinajstić information content (AvgIpc) is 2.17. The molecule has 0 fully saturated rings. The standard InChI is InChI=1S/C12H16O2/c1-9(13)12(2,3)11(14)10-7-5-4-6-8-10/h4-9,13H,1-3H3. The lowest BCUT2D eigenvalue weighted by Crippen LogP contribution is -2.35. The van der Waals surface area contributed by atoms with Gasteiger partial charge in [0.15, 0.2) is 5.78 Å². The van der Waals surface area contributed by atoms with E-state index in [1.54, 1.807) is 32.9 Å². The quantitative estimate of drug-likeness (QED) is 0.746. The number of aliphatic hydroxyl groups is 1. The largest absolute Gasteiger partial charge is 0.392 e. The summed E-state index contributed by atoms with van der Waals surface area (Å²) in [6, 6.07) is 9.06. The first kappa shape index (κ1) is 10.9. The fourth-order valence-corrected chi connectivity index (χ4v) is 1.15. The molecule has 1 atom stereocenters. The summed E-state index contributed by atoms with van der Waals surface area (Å²) in [6.07, 6.45) is -0.643. The Bertz CT molecular complexity index is 312. The summed E-state index contributed by atoms with van der Waals surface area (Å²) in [6.45, 7) is 5.15. The summed E-state index contributed by atoms with van der Waals surface area (Å²) in [5.74, 6) is -0.0203. The van der Waals surface area contributed by atoms with Crippen LogP contribution < -0.4 is 0 Å². The zero-order valence-corrected chi connectivity index (χ0v) is 8.82. The van der Waals surface area contributed by atoms with E-state index in [4.69, 9.17) is 0 Å². The molecule has 1 rings (SSSR count). The van der Waals surface area contributed by atoms with Gasteiger partial charge in [-0.3, -0.25) is 4.79 Å². The molecule has 2 heteroatoms. The van der Waals surface area contributed by atoms with Crippen molar-refractivity contribution in [3.05, 3.63) is 35.9 Å². The number of benzene rings is 1. The lowest BCUT2D eigenvalue weighted by atomic mass is 9.80. The van der Waals surface area contributed by atoms with Crippen LogP contribution in [0.3, 0.4) is 0 Å². The van der Waals surface area contributed by atoms with E-state index >= 15 is 0 Å². The van der Waals surface area contributed by atoms with Gasteiger partial charge in [0, 0.05) is 5.56 Å². The van der Waals surface area contributed by atoms with Crippen LogP contribution in [-0.4, -0.2) is 17.0 Å². The Labute approximate surface area is 84.6 Å². The van der Waals surface area contributed by atoms with Gasteiger partial charge in [0.2, 0.25) is 0 Å². The maximum atomic E-state index is 11.9. The topological polar surface area (TPSA) is 37.3 Å². The van der Waals surface area contributed by atoms with Gasteiger partial charge in [-0.05, 0) is 6.92 Å². The third-order valence-electron chi connectivity index (χ3n) is 2.67. The SMILES string of the molecule is CC(O)C(C)(C)C(=O)c1ccccc1. The van der Waals surface area contributed by atoms with Gasteiger partial charge >= 0.3 is 0 Å². The molecule has 0 aliphatic carbocycles. The monoisotopic (exact) mass is 192 g/mol. The van der Waals surface area contributed by atoms with Gasteiger partial charge in [-0.2, -0.15) is 0 Å². The highest BCUT2D eigenvalue weighted by Crippen LogP contribution is 2.25. The highest BCUT2D eigenvalue weighted by molar-refractivity contribution is 6.00. The highest BCUT2D eigenvalue weighted by Gasteiger charge is 2.33. The summed E-state index contributed by atoms with van der Waals surface area (Å²) >= 11 is 0. The van der Waals surface area contributed by atoms with Crippen molar-refractivity contribution < 1.29 is 9.90 Å². The Hall–Kier alpha value is -1.15. The number of rotatable bonds is 3. The first-order chi connectivity index (χ1) is 6.46. The van der Waals surface area contributed by atoms with Gasteiger partial charge in [-0.1, -0.05) is 44.2 Å². The third kappa shape index (κ3) is 2.02. The van der Waals surface area contributed by atoms with Crippen LogP contribution in [0.4, 0.5) is 0 Å². The maximum absolute atomic E-state index is 11.9. The summed E-state index contributed by atoms with van der Waals surface area (Å²) in [5.41, 5.74) is -0.0696. The normalized spacial score (nSPS) is 13.7. The van der Waals surface area contributed by atoms with E-state index in [2.05, 4.69) is 0 Å². The molecule has 76 valence electrons. The number of hydrogen-bond acceptors (Lipinski definition) is 2. The van der Waals surface area contributed by atoms with Crippen molar-refractivity contribution in [1.29, 1.82) is 0 Å². The molecule has 0 saturated heterocycles. The van der Waals surface area contributed by atoms with E-state index in [0.717, 1.165) is 0 Å². The number of hydrogen-bond donors (Lipinski definition) is 1. The molecular weight excluding hydrogens is 176 g/mol. The van der Waals surface area contributed by atoms with Crippen LogP contribution in [0.5, 0.6) is 0 Å². The number of aliphatic hydroxyl groups excluding tert-OH is 1. The molecule has 0 aliphatic rings. The van der Waals surface area contributed by atoms with E-state index in [0.29, 0.717) is 5.56 Å². The second kappa shape index (κ2) is 3.93. The van der Waals surface area contributed by atoms with Crippen molar-refractivity contribution in [2.45, 2.75) is 26.9 Å². The fourth-order valence-electron chi connectivity index (χ4n) is 1.15. The van der Waals surface area contributed by atoms with Crippen molar-refractivity contribution in [1.82, 2.24) is 0 Å². The molecule has 0 spiro atoms. The molecule has 0 aliphatic heterocycles. The van der Waals surface area contributed by atoms with E-state index in [1.165, 1.54) is 0 Å². The van der Waals surface area contributed by atoms with E-state index in [1.807, 2.05) is 18.2 Å². The van der Waals surface area contributed by atoms with Gasteiger partial charge in [0.25, 0.3) is 0 Å². The highest BCUT2D eigenvalue weighted by atomic mass is 16.3. The van der Waals surface area contributed by atoms with Gasteiger partial charge in [0.1, 0.15) is 0 Å². The minimum atomic E-state index is -0.721. The van der Waals surface area contributed by atoms with Crippen LogP contribution in [0.25, 0.3) is 0 Å². The number of carbonyl (C=O) groups excluding carboxylic acids is 1. The molecule has 1 aromatic carbocycles. The predicted octanol–water partition coefficient (Wildman–Crippen LogP) is 2.28. The molecule has 2 nitrogen and oxygen atoms in total. The van der Waals surface area contributed by atoms with Crippen LogP contribution in [0.1, 0.15) is 31.1 Å². The maximum Gasteiger partial charge on any atom is 0.171 e. The summed E-state index contributed by atoms with van der Waals surface area (Å²) < 4.78 is 0. The molecule has 1 aromatic rings. The van der Waals surface area contributed by atoms with Crippen molar-refractivity contribution in [2.75, 3.05) is 0 Å². The lowest BCUT2D eigenvalue weighted by Gasteiger charge is -2.26. The minimum Gasteiger partial charge on any atom is -0.392 e. The molecule has 0 bridgehead atoms.